The molecule has 8 nitrogen and oxygen atoms in total. The summed E-state index contributed by atoms with van der Waals surface area (Å²) in [6.07, 6.45) is 1.71. The number of methoxy groups -OCH3 is 3. The third-order valence-corrected chi connectivity index (χ3v) is 6.72. The van der Waals surface area contributed by atoms with Crippen molar-refractivity contribution >= 4 is 23.9 Å². The average Bonchev–Trinajstić information content (AvgIpc) is 3.34. The zero-order chi connectivity index (χ0) is 27.6. The molecular formula is C30H30N2O6. The Balaban J connectivity index is 1.78. The molecular weight excluding hydrogens is 484 g/mol. The third-order valence-electron chi connectivity index (χ3n) is 6.72. The molecule has 8 heteroatoms. The van der Waals surface area contributed by atoms with E-state index in [1.54, 1.807) is 37.1 Å². The summed E-state index contributed by atoms with van der Waals surface area (Å²) in [7, 11) is 4.24. The maximum atomic E-state index is 13.6. The number of esters is 2. The van der Waals surface area contributed by atoms with Crippen LogP contribution in [-0.2, 0) is 25.6 Å². The molecule has 0 saturated carbocycles. The molecule has 0 fully saturated rings. The highest BCUT2D eigenvalue weighted by Crippen LogP contribution is 2.34. The van der Waals surface area contributed by atoms with Crippen molar-refractivity contribution in [2.75, 3.05) is 21.3 Å². The van der Waals surface area contributed by atoms with Gasteiger partial charge in [0.15, 0.2) is 0 Å². The highest BCUT2D eigenvalue weighted by atomic mass is 16.5. The second-order valence-electron chi connectivity index (χ2n) is 8.92. The minimum absolute atomic E-state index is 0.228. The number of carbonyl (C=O) groups excluding carboxylic acids is 3. The number of aromatic nitrogens is 1. The monoisotopic (exact) mass is 514 g/mol. The lowest BCUT2D eigenvalue weighted by Crippen LogP contribution is -2.24. The Labute approximate surface area is 221 Å². The van der Waals surface area contributed by atoms with Crippen molar-refractivity contribution in [3.63, 3.8) is 0 Å². The molecule has 4 rings (SSSR count). The van der Waals surface area contributed by atoms with E-state index in [1.807, 2.05) is 60.9 Å². The Morgan fingerprint density at radius 3 is 2.18 bits per heavy atom. The number of ether oxygens (including phenoxy) is 3. The van der Waals surface area contributed by atoms with E-state index in [-0.39, 0.29) is 23.6 Å². The number of allylic oxidation sites excluding steroid dienone is 1. The summed E-state index contributed by atoms with van der Waals surface area (Å²) < 4.78 is 17.2. The summed E-state index contributed by atoms with van der Waals surface area (Å²) in [6.45, 7) is 5.84. The van der Waals surface area contributed by atoms with Crippen LogP contribution < -0.4 is 4.74 Å². The molecule has 2 aromatic carbocycles. The minimum Gasteiger partial charge on any atom is -0.497 e. The van der Waals surface area contributed by atoms with Gasteiger partial charge in [-0.05, 0) is 68.3 Å². The highest BCUT2D eigenvalue weighted by molar-refractivity contribution is 6.16. The Morgan fingerprint density at radius 1 is 0.895 bits per heavy atom. The lowest BCUT2D eigenvalue weighted by Gasteiger charge is -2.18. The summed E-state index contributed by atoms with van der Waals surface area (Å²) in [6, 6.07) is 16.5. The summed E-state index contributed by atoms with van der Waals surface area (Å²) in [4.78, 5) is 40.4. The second kappa shape index (κ2) is 10.8. The first-order chi connectivity index (χ1) is 18.2. The first-order valence-electron chi connectivity index (χ1n) is 12.0. The van der Waals surface area contributed by atoms with Crippen LogP contribution in [0.4, 0.5) is 0 Å². The standard InChI is InChI=1S/C30H30N2O6/c1-18-15-22(19(2)32(18)26-10-8-7-9-24(26)29(34)37-5)16-25-27(30(35)38-6)20(3)31(28(25)33)17-21-11-13-23(36-4)14-12-21/h7-16H,17H2,1-6H3/b25-16-. The van der Waals surface area contributed by atoms with Crippen molar-refractivity contribution in [1.82, 2.24) is 9.47 Å². The van der Waals surface area contributed by atoms with Gasteiger partial charge >= 0.3 is 11.9 Å². The number of para-hydroxylation sites is 1. The van der Waals surface area contributed by atoms with Gasteiger partial charge in [0, 0.05) is 17.1 Å². The number of hydrogen-bond acceptors (Lipinski definition) is 6. The molecule has 0 spiro atoms. The Morgan fingerprint density at radius 2 is 1.55 bits per heavy atom. The number of hydrogen-bond donors (Lipinski definition) is 0. The fourth-order valence-electron chi connectivity index (χ4n) is 4.74. The molecule has 0 radical (unpaired) electrons. The van der Waals surface area contributed by atoms with E-state index < -0.39 is 11.9 Å². The molecule has 1 aromatic heterocycles. The lowest BCUT2D eigenvalue weighted by atomic mass is 10.0. The molecule has 0 N–H and O–H groups in total. The maximum Gasteiger partial charge on any atom is 0.340 e. The van der Waals surface area contributed by atoms with Gasteiger partial charge in [-0.15, -0.1) is 0 Å². The minimum atomic E-state index is -0.579. The van der Waals surface area contributed by atoms with Crippen LogP contribution in [0.2, 0.25) is 0 Å². The summed E-state index contributed by atoms with van der Waals surface area (Å²) in [5, 5.41) is 0. The van der Waals surface area contributed by atoms with E-state index in [0.29, 0.717) is 22.7 Å². The molecule has 0 atom stereocenters. The van der Waals surface area contributed by atoms with Crippen molar-refractivity contribution in [1.29, 1.82) is 0 Å². The van der Waals surface area contributed by atoms with Gasteiger partial charge < -0.3 is 23.7 Å². The number of benzene rings is 2. The molecule has 3 aromatic rings. The molecule has 38 heavy (non-hydrogen) atoms. The first kappa shape index (κ1) is 26.5. The molecule has 2 heterocycles. The molecule has 0 bridgehead atoms. The Kier molecular flexibility index (Phi) is 7.52. The predicted octanol–water partition coefficient (Wildman–Crippen LogP) is 4.76. The van der Waals surface area contributed by atoms with Gasteiger partial charge in [-0.2, -0.15) is 0 Å². The number of amides is 1. The van der Waals surface area contributed by atoms with Crippen molar-refractivity contribution in [2.45, 2.75) is 27.3 Å². The van der Waals surface area contributed by atoms with E-state index in [2.05, 4.69) is 0 Å². The van der Waals surface area contributed by atoms with Crippen molar-refractivity contribution < 1.29 is 28.6 Å². The van der Waals surface area contributed by atoms with Gasteiger partial charge in [-0.3, -0.25) is 4.79 Å². The fourth-order valence-corrected chi connectivity index (χ4v) is 4.74. The number of nitrogens with zero attached hydrogens (tertiary/aromatic N) is 2. The number of aryl methyl sites for hydroxylation is 1. The van der Waals surface area contributed by atoms with Crippen LogP contribution in [0.3, 0.4) is 0 Å². The van der Waals surface area contributed by atoms with E-state index in [1.165, 1.54) is 14.2 Å². The molecule has 1 aliphatic heterocycles. The van der Waals surface area contributed by atoms with Gasteiger partial charge in [-0.25, -0.2) is 9.59 Å². The molecule has 0 saturated heterocycles. The highest BCUT2D eigenvalue weighted by Gasteiger charge is 2.37. The normalized spacial score (nSPS) is 14.3. The van der Waals surface area contributed by atoms with E-state index in [9.17, 15) is 14.4 Å². The van der Waals surface area contributed by atoms with Crippen LogP contribution in [-0.4, -0.2) is 48.6 Å². The quantitative estimate of drug-likeness (QED) is 0.334. The third kappa shape index (κ3) is 4.72. The van der Waals surface area contributed by atoms with Gasteiger partial charge in [0.25, 0.3) is 5.91 Å². The Hall–Kier alpha value is -4.59. The van der Waals surface area contributed by atoms with Crippen LogP contribution in [0.5, 0.6) is 5.75 Å². The van der Waals surface area contributed by atoms with E-state index >= 15 is 0 Å². The molecule has 0 unspecified atom stereocenters. The van der Waals surface area contributed by atoms with Crippen LogP contribution in [0.1, 0.15) is 39.8 Å². The summed E-state index contributed by atoms with van der Waals surface area (Å²) in [5.41, 5.74) is 5.38. The molecule has 196 valence electrons. The zero-order valence-corrected chi connectivity index (χ0v) is 22.3. The topological polar surface area (TPSA) is 87.1 Å². The zero-order valence-electron chi connectivity index (χ0n) is 22.3. The average molecular weight is 515 g/mol. The van der Waals surface area contributed by atoms with Gasteiger partial charge in [-0.1, -0.05) is 24.3 Å². The van der Waals surface area contributed by atoms with Crippen molar-refractivity contribution in [3.8, 4) is 11.4 Å². The van der Waals surface area contributed by atoms with Crippen molar-refractivity contribution in [2.24, 2.45) is 0 Å². The SMILES string of the molecule is COC(=O)C1=C(C)N(Cc2ccc(OC)cc2)C(=O)/C1=C\c1cc(C)n(-c2ccccc2C(=O)OC)c1C. The van der Waals surface area contributed by atoms with E-state index in [0.717, 1.165) is 22.5 Å². The summed E-state index contributed by atoms with van der Waals surface area (Å²) in [5.74, 6) is -0.601. The predicted molar refractivity (Wildman–Crippen MR) is 143 cm³/mol. The second-order valence-corrected chi connectivity index (χ2v) is 8.92. The largest absolute Gasteiger partial charge is 0.497 e. The van der Waals surface area contributed by atoms with Crippen LogP contribution in [0, 0.1) is 13.8 Å². The molecule has 1 amide bonds. The first-order valence-corrected chi connectivity index (χ1v) is 12.0. The van der Waals surface area contributed by atoms with Crippen molar-refractivity contribution in [3.05, 3.63) is 99.5 Å². The molecule has 0 aliphatic carbocycles. The fraction of sp³-hybridized carbons (Fsp3) is 0.233. The summed E-state index contributed by atoms with van der Waals surface area (Å²) >= 11 is 0. The Bertz CT molecular complexity index is 1480. The number of rotatable bonds is 7. The van der Waals surface area contributed by atoms with E-state index in [4.69, 9.17) is 14.2 Å². The van der Waals surface area contributed by atoms with Gasteiger partial charge in [0.1, 0.15) is 5.75 Å². The maximum absolute atomic E-state index is 13.6. The van der Waals surface area contributed by atoms with Crippen LogP contribution >= 0.6 is 0 Å². The van der Waals surface area contributed by atoms with Gasteiger partial charge in [0.2, 0.25) is 0 Å². The van der Waals surface area contributed by atoms with Crippen LogP contribution in [0.25, 0.3) is 11.8 Å². The lowest BCUT2D eigenvalue weighted by molar-refractivity contribution is -0.136. The van der Waals surface area contributed by atoms with Crippen LogP contribution in [0.15, 0.2) is 71.4 Å². The van der Waals surface area contributed by atoms with Gasteiger partial charge in [0.05, 0.1) is 50.3 Å². The number of carbonyl (C=O) groups is 3. The smallest absolute Gasteiger partial charge is 0.340 e. The molecule has 1 aliphatic rings.